The van der Waals surface area contributed by atoms with Gasteiger partial charge in [0.05, 0.1) is 30.0 Å². The molecule has 1 aromatic carbocycles. The minimum atomic E-state index is -0.302. The second-order valence-corrected chi connectivity index (χ2v) is 5.40. The Kier molecular flexibility index (Phi) is 5.78. The highest BCUT2D eigenvalue weighted by Gasteiger charge is 2.09. The van der Waals surface area contributed by atoms with Crippen LogP contribution in [0, 0.1) is 0 Å². The van der Waals surface area contributed by atoms with Crippen molar-refractivity contribution in [3.05, 3.63) is 30.1 Å². The van der Waals surface area contributed by atoms with Crippen LogP contribution in [0.5, 0.6) is 0 Å². The number of aryl methyl sites for hydroxylation is 1. The largest absolute Gasteiger partial charge is 0.465 e. The summed E-state index contributed by atoms with van der Waals surface area (Å²) < 4.78 is 6.90. The average molecular weight is 288 g/mol. The molecule has 0 saturated heterocycles. The molecule has 0 N–H and O–H groups in total. The third kappa shape index (κ3) is 4.06. The van der Waals surface area contributed by atoms with Crippen LogP contribution in [0.25, 0.3) is 11.0 Å². The summed E-state index contributed by atoms with van der Waals surface area (Å²) >= 11 is 0. The highest BCUT2D eigenvalue weighted by Crippen LogP contribution is 2.17. The molecule has 4 nitrogen and oxygen atoms in total. The Morgan fingerprint density at radius 2 is 1.95 bits per heavy atom. The van der Waals surface area contributed by atoms with Gasteiger partial charge in [0, 0.05) is 6.54 Å². The summed E-state index contributed by atoms with van der Waals surface area (Å²) in [7, 11) is 1.40. The Hall–Kier alpha value is -1.84. The van der Waals surface area contributed by atoms with Crippen molar-refractivity contribution < 1.29 is 9.53 Å². The zero-order valence-electron chi connectivity index (χ0n) is 13.0. The minimum Gasteiger partial charge on any atom is -0.465 e. The number of unbranched alkanes of at least 4 members (excludes halogenated alkanes) is 5. The molecule has 0 bridgehead atoms. The van der Waals surface area contributed by atoms with E-state index >= 15 is 0 Å². The van der Waals surface area contributed by atoms with Gasteiger partial charge in [-0.3, -0.25) is 0 Å². The van der Waals surface area contributed by atoms with Crippen LogP contribution in [0.4, 0.5) is 0 Å². The second-order valence-electron chi connectivity index (χ2n) is 5.40. The zero-order chi connectivity index (χ0) is 15.1. The van der Waals surface area contributed by atoms with Crippen LogP contribution in [0.1, 0.15) is 55.8 Å². The maximum atomic E-state index is 11.6. The molecule has 1 aromatic heterocycles. The zero-order valence-corrected chi connectivity index (χ0v) is 13.0. The number of hydrogen-bond acceptors (Lipinski definition) is 3. The third-order valence-electron chi connectivity index (χ3n) is 3.79. The number of imidazole rings is 1. The van der Waals surface area contributed by atoms with Crippen LogP contribution in [0.15, 0.2) is 24.5 Å². The van der Waals surface area contributed by atoms with E-state index in [-0.39, 0.29) is 5.97 Å². The molecule has 2 rings (SSSR count). The fraction of sp³-hybridized carbons (Fsp3) is 0.529. The highest BCUT2D eigenvalue weighted by atomic mass is 16.5. The van der Waals surface area contributed by atoms with Gasteiger partial charge < -0.3 is 9.30 Å². The molecule has 0 amide bonds. The lowest BCUT2D eigenvalue weighted by Crippen LogP contribution is -2.02. The van der Waals surface area contributed by atoms with Crippen LogP contribution in [0.2, 0.25) is 0 Å². The van der Waals surface area contributed by atoms with E-state index in [1.807, 2.05) is 18.5 Å². The van der Waals surface area contributed by atoms with Gasteiger partial charge >= 0.3 is 5.97 Å². The van der Waals surface area contributed by atoms with E-state index in [4.69, 9.17) is 4.74 Å². The number of carbonyl (C=O) groups excluding carboxylic acids is 1. The quantitative estimate of drug-likeness (QED) is 0.540. The molecule has 0 radical (unpaired) electrons. The number of esters is 1. The van der Waals surface area contributed by atoms with Gasteiger partial charge in [0.1, 0.15) is 0 Å². The summed E-state index contributed by atoms with van der Waals surface area (Å²) in [4.78, 5) is 16.0. The minimum absolute atomic E-state index is 0.302. The molecule has 0 spiro atoms. The number of fused-ring (bicyclic) bond motifs is 1. The number of carbonyl (C=O) groups is 1. The number of benzene rings is 1. The van der Waals surface area contributed by atoms with E-state index < -0.39 is 0 Å². The molecular weight excluding hydrogens is 264 g/mol. The molecule has 4 heteroatoms. The lowest BCUT2D eigenvalue weighted by atomic mass is 10.1. The van der Waals surface area contributed by atoms with Gasteiger partial charge in [0.25, 0.3) is 0 Å². The first-order valence-corrected chi connectivity index (χ1v) is 7.79. The third-order valence-corrected chi connectivity index (χ3v) is 3.79. The van der Waals surface area contributed by atoms with Crippen molar-refractivity contribution in [2.45, 2.75) is 52.0 Å². The highest BCUT2D eigenvalue weighted by molar-refractivity contribution is 5.93. The van der Waals surface area contributed by atoms with Crippen molar-refractivity contribution in [3.8, 4) is 0 Å². The number of methoxy groups -OCH3 is 1. The summed E-state index contributed by atoms with van der Waals surface area (Å²) in [5.74, 6) is -0.302. The van der Waals surface area contributed by atoms with Gasteiger partial charge in [0.2, 0.25) is 0 Å². The first-order valence-electron chi connectivity index (χ1n) is 7.79. The fourth-order valence-electron chi connectivity index (χ4n) is 2.54. The molecule has 2 aromatic rings. The summed E-state index contributed by atoms with van der Waals surface area (Å²) in [6, 6.07) is 5.50. The van der Waals surface area contributed by atoms with Crippen molar-refractivity contribution in [2.75, 3.05) is 7.11 Å². The van der Waals surface area contributed by atoms with Crippen LogP contribution >= 0.6 is 0 Å². The SMILES string of the molecule is CCCCCCCCn1cnc2ccc(C(=O)OC)cc21. The Bertz CT molecular complexity index is 589. The predicted octanol–water partition coefficient (Wildman–Crippen LogP) is 4.18. The van der Waals surface area contributed by atoms with Gasteiger partial charge in [-0.15, -0.1) is 0 Å². The Morgan fingerprint density at radius 1 is 1.19 bits per heavy atom. The first-order chi connectivity index (χ1) is 10.3. The number of hydrogen-bond donors (Lipinski definition) is 0. The number of nitrogens with zero attached hydrogens (tertiary/aromatic N) is 2. The van der Waals surface area contributed by atoms with Crippen molar-refractivity contribution in [2.24, 2.45) is 0 Å². The lowest BCUT2D eigenvalue weighted by molar-refractivity contribution is 0.0601. The Morgan fingerprint density at radius 3 is 2.71 bits per heavy atom. The number of rotatable bonds is 8. The molecule has 0 fully saturated rings. The van der Waals surface area contributed by atoms with E-state index in [2.05, 4.69) is 16.5 Å². The fourth-order valence-corrected chi connectivity index (χ4v) is 2.54. The number of ether oxygens (including phenoxy) is 1. The van der Waals surface area contributed by atoms with Gasteiger partial charge in [0.15, 0.2) is 0 Å². The molecule has 0 aliphatic carbocycles. The Balaban J connectivity index is 1.98. The summed E-state index contributed by atoms with van der Waals surface area (Å²) in [6.45, 7) is 3.18. The second kappa shape index (κ2) is 7.81. The first kappa shape index (κ1) is 15.5. The van der Waals surface area contributed by atoms with E-state index in [1.54, 1.807) is 6.07 Å². The molecule has 114 valence electrons. The van der Waals surface area contributed by atoms with E-state index in [1.165, 1.54) is 39.2 Å². The maximum Gasteiger partial charge on any atom is 0.337 e. The smallest absolute Gasteiger partial charge is 0.337 e. The van der Waals surface area contributed by atoms with Gasteiger partial charge in [-0.2, -0.15) is 0 Å². The number of aromatic nitrogens is 2. The molecule has 0 atom stereocenters. The Labute approximate surface area is 126 Å². The van der Waals surface area contributed by atoms with E-state index in [9.17, 15) is 4.79 Å². The van der Waals surface area contributed by atoms with Crippen LogP contribution in [0.3, 0.4) is 0 Å². The molecule has 0 aliphatic rings. The molecule has 0 unspecified atom stereocenters. The topological polar surface area (TPSA) is 44.1 Å². The van der Waals surface area contributed by atoms with Gasteiger partial charge in [-0.1, -0.05) is 39.0 Å². The molecule has 0 aliphatic heterocycles. The molecule has 1 heterocycles. The predicted molar refractivity (Wildman–Crippen MR) is 84.4 cm³/mol. The van der Waals surface area contributed by atoms with E-state index in [0.29, 0.717) is 5.56 Å². The average Bonchev–Trinajstić information content (AvgIpc) is 2.92. The maximum absolute atomic E-state index is 11.6. The van der Waals surface area contributed by atoms with Crippen LogP contribution < -0.4 is 0 Å². The molecular formula is C17H24N2O2. The normalized spacial score (nSPS) is 11.0. The van der Waals surface area contributed by atoms with Crippen molar-refractivity contribution in [1.29, 1.82) is 0 Å². The van der Waals surface area contributed by atoms with Crippen LogP contribution in [-0.2, 0) is 11.3 Å². The summed E-state index contributed by atoms with van der Waals surface area (Å²) in [6.07, 6.45) is 9.49. The summed E-state index contributed by atoms with van der Waals surface area (Å²) in [5.41, 5.74) is 2.51. The van der Waals surface area contributed by atoms with Gasteiger partial charge in [-0.05, 0) is 24.6 Å². The lowest BCUT2D eigenvalue weighted by Gasteiger charge is -2.05. The van der Waals surface area contributed by atoms with Crippen molar-refractivity contribution >= 4 is 17.0 Å². The van der Waals surface area contributed by atoms with Crippen molar-refractivity contribution in [1.82, 2.24) is 9.55 Å². The standard InChI is InChI=1S/C17H24N2O2/c1-3-4-5-6-7-8-11-19-13-18-15-10-9-14(12-16(15)19)17(20)21-2/h9-10,12-13H,3-8,11H2,1-2H3. The molecule has 0 saturated carbocycles. The van der Waals surface area contributed by atoms with Crippen molar-refractivity contribution in [3.63, 3.8) is 0 Å². The van der Waals surface area contributed by atoms with E-state index in [0.717, 1.165) is 24.0 Å². The van der Waals surface area contributed by atoms with Crippen LogP contribution in [-0.4, -0.2) is 22.6 Å². The summed E-state index contributed by atoms with van der Waals surface area (Å²) in [5, 5.41) is 0. The monoisotopic (exact) mass is 288 g/mol. The van der Waals surface area contributed by atoms with Gasteiger partial charge in [-0.25, -0.2) is 9.78 Å². The molecule has 21 heavy (non-hydrogen) atoms.